The lowest BCUT2D eigenvalue weighted by atomic mass is 10.1. The molecular weight excluding hydrogens is 317 g/mol. The Morgan fingerprint density at radius 3 is 2.95 bits per heavy atom. The number of nitrogens with one attached hydrogen (secondary N) is 1. The van der Waals surface area contributed by atoms with E-state index in [1.54, 1.807) is 6.07 Å². The molecule has 0 bridgehead atoms. The van der Waals surface area contributed by atoms with Crippen LogP contribution in [0.25, 0.3) is 11.0 Å². The lowest BCUT2D eigenvalue weighted by Crippen LogP contribution is -2.09. The minimum atomic E-state index is 0.429. The standard InChI is InChI=1S/C13H15Cl2N3OS/c14-9-7-10(15)12-13(18-20-17-12)11(9)16-5-1-3-8-4-2-6-19-8/h7-8,16H,1-6H2. The Morgan fingerprint density at radius 1 is 1.30 bits per heavy atom. The first-order valence-electron chi connectivity index (χ1n) is 6.71. The average molecular weight is 332 g/mol. The first-order valence-corrected chi connectivity index (χ1v) is 8.20. The zero-order valence-corrected chi connectivity index (χ0v) is 13.2. The number of hydrogen-bond donors (Lipinski definition) is 1. The Kier molecular flexibility index (Phi) is 4.61. The highest BCUT2D eigenvalue weighted by Crippen LogP contribution is 2.35. The molecule has 3 rings (SSSR count). The van der Waals surface area contributed by atoms with Crippen molar-refractivity contribution < 1.29 is 4.74 Å². The van der Waals surface area contributed by atoms with Crippen LogP contribution in [0.2, 0.25) is 10.0 Å². The molecule has 4 nitrogen and oxygen atoms in total. The van der Waals surface area contributed by atoms with E-state index in [0.717, 1.165) is 48.9 Å². The number of aromatic nitrogens is 2. The van der Waals surface area contributed by atoms with Crippen LogP contribution in [0.4, 0.5) is 5.69 Å². The summed E-state index contributed by atoms with van der Waals surface area (Å²) in [6.07, 6.45) is 4.92. The van der Waals surface area contributed by atoms with E-state index >= 15 is 0 Å². The molecule has 1 N–H and O–H groups in total. The van der Waals surface area contributed by atoms with E-state index in [9.17, 15) is 0 Å². The second-order valence-corrected chi connectivity index (χ2v) is 6.22. The third-order valence-electron chi connectivity index (χ3n) is 3.47. The first-order chi connectivity index (χ1) is 9.75. The van der Waals surface area contributed by atoms with Crippen LogP contribution in [0.3, 0.4) is 0 Å². The maximum Gasteiger partial charge on any atom is 0.130 e. The molecular formula is C13H15Cl2N3OS. The van der Waals surface area contributed by atoms with Crippen LogP contribution in [0.5, 0.6) is 0 Å². The summed E-state index contributed by atoms with van der Waals surface area (Å²) in [6.45, 7) is 1.75. The Labute approximate surface area is 131 Å². The molecule has 2 heterocycles. The summed E-state index contributed by atoms with van der Waals surface area (Å²) in [5.74, 6) is 0. The summed E-state index contributed by atoms with van der Waals surface area (Å²) >= 11 is 13.5. The number of nitrogens with zero attached hydrogens (tertiary/aromatic N) is 2. The summed E-state index contributed by atoms with van der Waals surface area (Å²) in [5.41, 5.74) is 2.29. The van der Waals surface area contributed by atoms with E-state index in [1.807, 2.05) is 0 Å². The van der Waals surface area contributed by atoms with Gasteiger partial charge in [-0.2, -0.15) is 8.75 Å². The molecule has 1 saturated heterocycles. The van der Waals surface area contributed by atoms with Crippen LogP contribution in [0.15, 0.2) is 6.07 Å². The summed E-state index contributed by atoms with van der Waals surface area (Å²) < 4.78 is 14.1. The molecule has 1 aliphatic heterocycles. The second-order valence-electron chi connectivity index (χ2n) is 4.88. The molecule has 108 valence electrons. The highest BCUT2D eigenvalue weighted by Gasteiger charge is 2.16. The van der Waals surface area contributed by atoms with Gasteiger partial charge in [-0.05, 0) is 31.7 Å². The van der Waals surface area contributed by atoms with Gasteiger partial charge >= 0.3 is 0 Å². The molecule has 7 heteroatoms. The average Bonchev–Trinajstić information content (AvgIpc) is 3.08. The predicted molar refractivity (Wildman–Crippen MR) is 84.1 cm³/mol. The Balaban J connectivity index is 1.63. The normalized spacial score (nSPS) is 18.8. The van der Waals surface area contributed by atoms with Crippen LogP contribution in [-0.2, 0) is 4.74 Å². The van der Waals surface area contributed by atoms with Gasteiger partial charge in [0.15, 0.2) is 0 Å². The number of anilines is 1. The largest absolute Gasteiger partial charge is 0.382 e. The van der Waals surface area contributed by atoms with Gasteiger partial charge in [0.1, 0.15) is 11.0 Å². The van der Waals surface area contributed by atoms with Crippen molar-refractivity contribution in [1.82, 2.24) is 8.75 Å². The van der Waals surface area contributed by atoms with Crippen molar-refractivity contribution >= 4 is 51.7 Å². The van der Waals surface area contributed by atoms with Gasteiger partial charge in [-0.3, -0.25) is 0 Å². The molecule has 0 aliphatic carbocycles. The van der Waals surface area contributed by atoms with E-state index in [2.05, 4.69) is 14.1 Å². The number of hydrogen-bond acceptors (Lipinski definition) is 5. The topological polar surface area (TPSA) is 47.0 Å². The summed E-state index contributed by atoms with van der Waals surface area (Å²) in [6, 6.07) is 1.72. The molecule has 2 aromatic rings. The SMILES string of the molecule is Clc1cc(Cl)c2nsnc2c1NCCCC1CCCO1. The van der Waals surface area contributed by atoms with Gasteiger partial charge in [-0.15, -0.1) is 0 Å². The van der Waals surface area contributed by atoms with Crippen molar-refractivity contribution in [1.29, 1.82) is 0 Å². The highest BCUT2D eigenvalue weighted by atomic mass is 35.5. The van der Waals surface area contributed by atoms with E-state index in [4.69, 9.17) is 27.9 Å². The minimum absolute atomic E-state index is 0.429. The molecule has 1 aromatic carbocycles. The van der Waals surface area contributed by atoms with Crippen molar-refractivity contribution in [3.8, 4) is 0 Å². The van der Waals surface area contributed by atoms with Crippen molar-refractivity contribution in [3.63, 3.8) is 0 Å². The van der Waals surface area contributed by atoms with Crippen molar-refractivity contribution in [2.75, 3.05) is 18.5 Å². The maximum atomic E-state index is 6.24. The molecule has 1 atom stereocenters. The lowest BCUT2D eigenvalue weighted by molar-refractivity contribution is 0.103. The fourth-order valence-corrected chi connectivity index (χ4v) is 3.64. The Bertz CT molecular complexity index is 599. The summed E-state index contributed by atoms with van der Waals surface area (Å²) in [4.78, 5) is 0. The molecule has 1 aliphatic rings. The molecule has 1 fully saturated rings. The number of ether oxygens (including phenoxy) is 1. The fraction of sp³-hybridized carbons (Fsp3) is 0.538. The Morgan fingerprint density at radius 2 is 2.15 bits per heavy atom. The van der Waals surface area contributed by atoms with Gasteiger partial charge in [0.2, 0.25) is 0 Å². The minimum Gasteiger partial charge on any atom is -0.382 e. The third kappa shape index (κ3) is 3.01. The lowest BCUT2D eigenvalue weighted by Gasteiger charge is -2.11. The van der Waals surface area contributed by atoms with E-state index in [1.165, 1.54) is 12.8 Å². The van der Waals surface area contributed by atoms with Gasteiger partial charge in [0, 0.05) is 13.2 Å². The summed E-state index contributed by atoms with van der Waals surface area (Å²) in [7, 11) is 0. The fourth-order valence-electron chi connectivity index (χ4n) is 2.46. The van der Waals surface area contributed by atoms with Crippen LogP contribution >= 0.6 is 34.9 Å². The van der Waals surface area contributed by atoms with Gasteiger partial charge in [-0.25, -0.2) is 0 Å². The molecule has 0 amide bonds. The molecule has 20 heavy (non-hydrogen) atoms. The molecule has 0 saturated carbocycles. The van der Waals surface area contributed by atoms with Crippen LogP contribution in [0, 0.1) is 0 Å². The smallest absolute Gasteiger partial charge is 0.130 e. The van der Waals surface area contributed by atoms with E-state index < -0.39 is 0 Å². The highest BCUT2D eigenvalue weighted by molar-refractivity contribution is 7.00. The van der Waals surface area contributed by atoms with E-state index in [0.29, 0.717) is 21.7 Å². The molecule has 1 unspecified atom stereocenters. The number of fused-ring (bicyclic) bond motifs is 1. The quantitative estimate of drug-likeness (QED) is 0.826. The van der Waals surface area contributed by atoms with Crippen LogP contribution in [-0.4, -0.2) is 28.0 Å². The van der Waals surface area contributed by atoms with Gasteiger partial charge in [0.05, 0.1) is 33.6 Å². The molecule has 1 aromatic heterocycles. The van der Waals surface area contributed by atoms with E-state index in [-0.39, 0.29) is 0 Å². The van der Waals surface area contributed by atoms with Gasteiger partial charge in [-0.1, -0.05) is 23.2 Å². The molecule has 0 spiro atoms. The van der Waals surface area contributed by atoms with Crippen molar-refractivity contribution in [3.05, 3.63) is 16.1 Å². The van der Waals surface area contributed by atoms with Gasteiger partial charge in [0.25, 0.3) is 0 Å². The predicted octanol–water partition coefficient (Wildman–Crippen LogP) is 4.37. The maximum absolute atomic E-state index is 6.24. The van der Waals surface area contributed by atoms with Crippen molar-refractivity contribution in [2.45, 2.75) is 31.8 Å². The first kappa shape index (κ1) is 14.3. The van der Waals surface area contributed by atoms with Crippen LogP contribution in [0.1, 0.15) is 25.7 Å². The zero-order chi connectivity index (χ0) is 13.9. The summed E-state index contributed by atoms with van der Waals surface area (Å²) in [5, 5.41) is 4.49. The zero-order valence-electron chi connectivity index (χ0n) is 10.9. The van der Waals surface area contributed by atoms with Crippen LogP contribution < -0.4 is 5.32 Å². The van der Waals surface area contributed by atoms with Gasteiger partial charge < -0.3 is 10.1 Å². The molecule has 0 radical (unpaired) electrons. The number of benzene rings is 1. The number of rotatable bonds is 5. The number of halogens is 2. The third-order valence-corrected chi connectivity index (χ3v) is 4.59. The monoisotopic (exact) mass is 331 g/mol. The second kappa shape index (κ2) is 6.43. The van der Waals surface area contributed by atoms with Crippen molar-refractivity contribution in [2.24, 2.45) is 0 Å². The Hall–Kier alpha value is -0.620.